The van der Waals surface area contributed by atoms with Crippen LogP contribution in [0.15, 0.2) is 18.2 Å². The Kier molecular flexibility index (Phi) is 4.98. The molecule has 20 heavy (non-hydrogen) atoms. The summed E-state index contributed by atoms with van der Waals surface area (Å²) in [5, 5.41) is 11.8. The molecule has 0 bridgehead atoms. The number of rotatable bonds is 5. The van der Waals surface area contributed by atoms with Crippen LogP contribution in [0.5, 0.6) is 0 Å². The van der Waals surface area contributed by atoms with E-state index in [1.807, 2.05) is 25.1 Å². The minimum atomic E-state index is -0.0369. The smallest absolute Gasteiger partial charge is 0.238 e. The first-order chi connectivity index (χ1) is 9.58. The Bertz CT molecular complexity index is 476. The van der Waals surface area contributed by atoms with Gasteiger partial charge in [-0.3, -0.25) is 9.69 Å². The predicted octanol–water partition coefficient (Wildman–Crippen LogP) is 1.22. The molecule has 1 aromatic rings. The van der Waals surface area contributed by atoms with E-state index in [0.717, 1.165) is 31.5 Å². The highest BCUT2D eigenvalue weighted by Crippen LogP contribution is 2.21. The van der Waals surface area contributed by atoms with Gasteiger partial charge in [-0.15, -0.1) is 0 Å². The number of nitrogens with zero attached hydrogens (tertiary/aromatic N) is 1. The number of anilines is 2. The van der Waals surface area contributed by atoms with Gasteiger partial charge in [0.1, 0.15) is 0 Å². The molecular formula is C15H23N3O2. The zero-order chi connectivity index (χ0) is 14.5. The third-order valence-corrected chi connectivity index (χ3v) is 3.76. The number of carbonyl (C=O) groups is 1. The number of aryl methyl sites for hydroxylation is 1. The summed E-state index contributed by atoms with van der Waals surface area (Å²) in [6.07, 6.45) is 1.88. The van der Waals surface area contributed by atoms with Crippen LogP contribution in [0.2, 0.25) is 0 Å². The molecule has 1 aliphatic rings. The third kappa shape index (κ3) is 3.95. The fourth-order valence-electron chi connectivity index (χ4n) is 2.66. The first-order valence-corrected chi connectivity index (χ1v) is 7.07. The molecule has 0 aliphatic carbocycles. The number of hydrogen-bond acceptors (Lipinski definition) is 4. The van der Waals surface area contributed by atoms with Crippen LogP contribution >= 0.6 is 0 Å². The summed E-state index contributed by atoms with van der Waals surface area (Å²) in [5.41, 5.74) is 8.23. The van der Waals surface area contributed by atoms with Crippen molar-refractivity contribution in [1.82, 2.24) is 4.90 Å². The highest BCUT2D eigenvalue weighted by Gasteiger charge is 2.23. The van der Waals surface area contributed by atoms with Crippen LogP contribution < -0.4 is 11.1 Å². The molecule has 0 saturated carbocycles. The minimum Gasteiger partial charge on any atom is -0.397 e. The average molecular weight is 277 g/mol. The molecule has 4 N–H and O–H groups in total. The van der Waals surface area contributed by atoms with Crippen molar-refractivity contribution in [2.75, 3.05) is 37.3 Å². The molecule has 1 unspecified atom stereocenters. The molecule has 2 rings (SSSR count). The van der Waals surface area contributed by atoms with Crippen LogP contribution in [-0.2, 0) is 4.79 Å². The summed E-state index contributed by atoms with van der Waals surface area (Å²) in [6.45, 7) is 4.38. The minimum absolute atomic E-state index is 0.0369. The van der Waals surface area contributed by atoms with Gasteiger partial charge in [0.25, 0.3) is 0 Å². The van der Waals surface area contributed by atoms with Crippen molar-refractivity contribution in [3.63, 3.8) is 0 Å². The number of benzene rings is 1. The van der Waals surface area contributed by atoms with Crippen molar-refractivity contribution in [1.29, 1.82) is 0 Å². The quantitative estimate of drug-likeness (QED) is 0.707. The van der Waals surface area contributed by atoms with Crippen molar-refractivity contribution in [3.05, 3.63) is 23.8 Å². The molecule has 0 aromatic heterocycles. The maximum Gasteiger partial charge on any atom is 0.238 e. The van der Waals surface area contributed by atoms with Crippen molar-refractivity contribution in [3.8, 4) is 0 Å². The van der Waals surface area contributed by atoms with Crippen LogP contribution in [-0.4, -0.2) is 42.2 Å². The van der Waals surface area contributed by atoms with E-state index in [1.54, 1.807) is 0 Å². The summed E-state index contributed by atoms with van der Waals surface area (Å²) >= 11 is 0. The number of nitrogens with two attached hydrogens (primary N) is 1. The van der Waals surface area contributed by atoms with E-state index >= 15 is 0 Å². The van der Waals surface area contributed by atoms with Gasteiger partial charge < -0.3 is 16.2 Å². The number of hydrogen-bond donors (Lipinski definition) is 3. The average Bonchev–Trinajstić information content (AvgIpc) is 2.81. The van der Waals surface area contributed by atoms with Crippen LogP contribution in [0, 0.1) is 12.8 Å². The second-order valence-corrected chi connectivity index (χ2v) is 5.54. The summed E-state index contributed by atoms with van der Waals surface area (Å²) in [5.74, 6) is 0.474. The number of nitrogens with one attached hydrogen (secondary N) is 1. The molecule has 1 aliphatic heterocycles. The van der Waals surface area contributed by atoms with Gasteiger partial charge in [0.15, 0.2) is 0 Å². The molecular weight excluding hydrogens is 254 g/mol. The van der Waals surface area contributed by atoms with Gasteiger partial charge >= 0.3 is 0 Å². The zero-order valence-corrected chi connectivity index (χ0v) is 11.9. The highest BCUT2D eigenvalue weighted by atomic mass is 16.3. The topological polar surface area (TPSA) is 78.6 Å². The highest BCUT2D eigenvalue weighted by molar-refractivity contribution is 5.95. The Labute approximate surface area is 119 Å². The molecule has 1 saturated heterocycles. The lowest BCUT2D eigenvalue weighted by atomic mass is 10.1. The van der Waals surface area contributed by atoms with Gasteiger partial charge in [0.2, 0.25) is 5.91 Å². The molecule has 5 heteroatoms. The van der Waals surface area contributed by atoms with Crippen molar-refractivity contribution in [2.45, 2.75) is 19.8 Å². The van der Waals surface area contributed by atoms with Gasteiger partial charge in [0, 0.05) is 13.2 Å². The Balaban J connectivity index is 1.84. The fourth-order valence-corrected chi connectivity index (χ4v) is 2.66. The van der Waals surface area contributed by atoms with Gasteiger partial charge in [0.05, 0.1) is 17.9 Å². The lowest BCUT2D eigenvalue weighted by Crippen LogP contribution is -2.31. The monoisotopic (exact) mass is 277 g/mol. The second-order valence-electron chi connectivity index (χ2n) is 5.54. The fraction of sp³-hybridized carbons (Fsp3) is 0.533. The Hall–Kier alpha value is -1.59. The predicted molar refractivity (Wildman–Crippen MR) is 80.5 cm³/mol. The Morgan fingerprint density at radius 2 is 2.35 bits per heavy atom. The van der Waals surface area contributed by atoms with E-state index in [-0.39, 0.29) is 12.5 Å². The van der Waals surface area contributed by atoms with Gasteiger partial charge in [-0.1, -0.05) is 6.07 Å². The molecule has 110 valence electrons. The molecule has 1 aromatic carbocycles. The summed E-state index contributed by atoms with van der Waals surface area (Å²) in [6, 6.07) is 5.61. The lowest BCUT2D eigenvalue weighted by Gasteiger charge is -2.16. The number of amides is 1. The molecule has 1 atom stereocenters. The van der Waals surface area contributed by atoms with Crippen LogP contribution in [0.1, 0.15) is 18.4 Å². The third-order valence-electron chi connectivity index (χ3n) is 3.76. The van der Waals surface area contributed by atoms with Crippen LogP contribution in [0.4, 0.5) is 11.4 Å². The standard InChI is InChI=1S/C15H23N3O2/c1-11-2-3-14(13(16)8-11)17-15(20)10-18-6-4-12(9-18)5-7-19/h2-3,8,12,19H,4-7,9-10,16H2,1H3,(H,17,20). The largest absolute Gasteiger partial charge is 0.397 e. The summed E-state index contributed by atoms with van der Waals surface area (Å²) < 4.78 is 0. The van der Waals surface area contributed by atoms with Crippen molar-refractivity contribution < 1.29 is 9.90 Å². The Morgan fingerprint density at radius 1 is 1.55 bits per heavy atom. The summed E-state index contributed by atoms with van der Waals surface area (Å²) in [7, 11) is 0. The van der Waals surface area contributed by atoms with Crippen LogP contribution in [0.25, 0.3) is 0 Å². The Morgan fingerprint density at radius 3 is 3.05 bits per heavy atom. The number of carbonyl (C=O) groups excluding carboxylic acids is 1. The molecule has 5 nitrogen and oxygen atoms in total. The molecule has 0 spiro atoms. The first kappa shape index (κ1) is 14.8. The lowest BCUT2D eigenvalue weighted by molar-refractivity contribution is -0.117. The maximum absolute atomic E-state index is 12.0. The van der Waals surface area contributed by atoms with E-state index in [4.69, 9.17) is 10.8 Å². The second kappa shape index (κ2) is 6.72. The number of likely N-dealkylation sites (tertiary alicyclic amines) is 1. The SMILES string of the molecule is Cc1ccc(NC(=O)CN2CCC(CCO)C2)c(N)c1. The summed E-state index contributed by atoms with van der Waals surface area (Å²) in [4.78, 5) is 14.1. The first-order valence-electron chi connectivity index (χ1n) is 7.07. The van der Waals surface area contributed by atoms with Crippen molar-refractivity contribution in [2.24, 2.45) is 5.92 Å². The van der Waals surface area contributed by atoms with E-state index in [1.165, 1.54) is 0 Å². The van der Waals surface area contributed by atoms with E-state index < -0.39 is 0 Å². The van der Waals surface area contributed by atoms with E-state index in [9.17, 15) is 4.79 Å². The van der Waals surface area contributed by atoms with Gasteiger partial charge in [-0.2, -0.15) is 0 Å². The molecule has 1 amide bonds. The van der Waals surface area contributed by atoms with E-state index in [2.05, 4.69) is 10.2 Å². The number of aliphatic hydroxyl groups excluding tert-OH is 1. The molecule has 1 fully saturated rings. The van der Waals surface area contributed by atoms with Crippen molar-refractivity contribution >= 4 is 17.3 Å². The number of nitrogen functional groups attached to an aromatic ring is 1. The molecule has 0 radical (unpaired) electrons. The number of aliphatic hydroxyl groups is 1. The van der Waals surface area contributed by atoms with Gasteiger partial charge in [-0.05, 0) is 49.9 Å². The van der Waals surface area contributed by atoms with E-state index in [0.29, 0.717) is 23.8 Å². The zero-order valence-electron chi connectivity index (χ0n) is 11.9. The molecule has 1 heterocycles. The van der Waals surface area contributed by atoms with Gasteiger partial charge in [-0.25, -0.2) is 0 Å². The van der Waals surface area contributed by atoms with Crippen LogP contribution in [0.3, 0.4) is 0 Å². The maximum atomic E-state index is 12.0. The normalized spacial score (nSPS) is 19.2.